The lowest BCUT2D eigenvalue weighted by Gasteiger charge is -2.34. The molecule has 0 saturated heterocycles. The van der Waals surface area contributed by atoms with E-state index in [-0.39, 0.29) is 18.5 Å². The van der Waals surface area contributed by atoms with E-state index in [1.807, 2.05) is 24.3 Å². The lowest BCUT2D eigenvalue weighted by Crippen LogP contribution is -2.48. The first-order valence-electron chi connectivity index (χ1n) is 7.88. The number of aliphatic carboxylic acids is 1. The van der Waals surface area contributed by atoms with Gasteiger partial charge in [-0.3, -0.25) is 4.79 Å². The van der Waals surface area contributed by atoms with Gasteiger partial charge in [-0.1, -0.05) is 30.3 Å². The Morgan fingerprint density at radius 1 is 1.04 bits per heavy atom. The van der Waals surface area contributed by atoms with Crippen LogP contribution in [-0.4, -0.2) is 42.1 Å². The third-order valence-corrected chi connectivity index (χ3v) is 4.43. The highest BCUT2D eigenvalue weighted by atomic mass is 16.5. The quantitative estimate of drug-likeness (QED) is 0.924. The summed E-state index contributed by atoms with van der Waals surface area (Å²) in [5, 5.41) is 9.61. The van der Waals surface area contributed by atoms with Gasteiger partial charge in [0.05, 0.1) is 19.8 Å². The molecule has 6 heteroatoms. The first kappa shape index (κ1) is 16.8. The number of fused-ring (bicyclic) bond motifs is 1. The minimum atomic E-state index is -1.02. The van der Waals surface area contributed by atoms with Crippen LogP contribution in [-0.2, 0) is 17.8 Å². The summed E-state index contributed by atoms with van der Waals surface area (Å²) < 4.78 is 10.6. The number of carboxylic acids is 1. The van der Waals surface area contributed by atoms with E-state index in [1.54, 1.807) is 18.2 Å². The van der Waals surface area contributed by atoms with E-state index in [0.29, 0.717) is 11.5 Å². The molecule has 1 atom stereocenters. The molecule has 0 aliphatic carbocycles. The fourth-order valence-electron chi connectivity index (χ4n) is 3.17. The highest BCUT2D eigenvalue weighted by molar-refractivity contribution is 6.00. The van der Waals surface area contributed by atoms with Gasteiger partial charge in [-0.15, -0.1) is 0 Å². The first-order valence-corrected chi connectivity index (χ1v) is 7.88. The molecule has 3 rings (SSSR count). The summed E-state index contributed by atoms with van der Waals surface area (Å²) in [7, 11) is 2.94. The molecule has 1 aliphatic rings. The Balaban J connectivity index is 2.02. The lowest BCUT2D eigenvalue weighted by molar-refractivity contribution is -0.142. The standard InChI is InChI=1S/C19H19NO5/c1-24-16-9-5-8-14(17(16)25-2)18(21)20-11-13-7-4-3-6-12(13)10-15(20)19(22)23/h3-9,15H,10-11H2,1-2H3,(H,22,23). The number of para-hydroxylation sites is 1. The van der Waals surface area contributed by atoms with Crippen molar-refractivity contribution in [1.29, 1.82) is 0 Å². The van der Waals surface area contributed by atoms with Crippen molar-refractivity contribution in [3.63, 3.8) is 0 Å². The van der Waals surface area contributed by atoms with Gasteiger partial charge in [-0.05, 0) is 23.3 Å². The molecule has 1 N–H and O–H groups in total. The maximum absolute atomic E-state index is 13.1. The van der Waals surface area contributed by atoms with Gasteiger partial charge in [0.2, 0.25) is 0 Å². The maximum Gasteiger partial charge on any atom is 0.326 e. The zero-order chi connectivity index (χ0) is 18.0. The average molecular weight is 341 g/mol. The average Bonchev–Trinajstić information content (AvgIpc) is 2.65. The first-order chi connectivity index (χ1) is 12.1. The van der Waals surface area contributed by atoms with Crippen LogP contribution in [0.25, 0.3) is 0 Å². The Kier molecular flexibility index (Phi) is 4.61. The van der Waals surface area contributed by atoms with Gasteiger partial charge in [0, 0.05) is 13.0 Å². The summed E-state index contributed by atoms with van der Waals surface area (Å²) in [5.74, 6) is -0.682. The molecule has 0 radical (unpaired) electrons. The number of amides is 1. The molecule has 6 nitrogen and oxygen atoms in total. The van der Waals surface area contributed by atoms with Crippen molar-refractivity contribution in [1.82, 2.24) is 4.90 Å². The molecule has 25 heavy (non-hydrogen) atoms. The van der Waals surface area contributed by atoms with Gasteiger partial charge in [-0.25, -0.2) is 4.79 Å². The topological polar surface area (TPSA) is 76.1 Å². The third-order valence-electron chi connectivity index (χ3n) is 4.43. The number of benzene rings is 2. The number of ether oxygens (including phenoxy) is 2. The van der Waals surface area contributed by atoms with Gasteiger partial charge >= 0.3 is 5.97 Å². The second-order valence-electron chi connectivity index (χ2n) is 5.80. The molecule has 1 aliphatic heterocycles. The van der Waals surface area contributed by atoms with Crippen LogP contribution in [0.5, 0.6) is 11.5 Å². The Morgan fingerprint density at radius 3 is 2.40 bits per heavy atom. The third kappa shape index (κ3) is 3.03. The molecule has 1 heterocycles. The number of hydrogen-bond donors (Lipinski definition) is 1. The Morgan fingerprint density at radius 2 is 1.76 bits per heavy atom. The minimum Gasteiger partial charge on any atom is -0.493 e. The smallest absolute Gasteiger partial charge is 0.326 e. The molecule has 1 unspecified atom stereocenters. The predicted octanol–water partition coefficient (Wildman–Crippen LogP) is 2.36. The zero-order valence-electron chi connectivity index (χ0n) is 14.1. The van der Waals surface area contributed by atoms with Gasteiger partial charge in [0.15, 0.2) is 11.5 Å². The number of hydrogen-bond acceptors (Lipinski definition) is 4. The second kappa shape index (κ2) is 6.84. The number of methoxy groups -OCH3 is 2. The normalized spacial score (nSPS) is 16.1. The van der Waals surface area contributed by atoms with Gasteiger partial charge in [-0.2, -0.15) is 0 Å². The van der Waals surface area contributed by atoms with E-state index >= 15 is 0 Å². The van der Waals surface area contributed by atoms with Crippen molar-refractivity contribution in [2.45, 2.75) is 19.0 Å². The van der Waals surface area contributed by atoms with Crippen molar-refractivity contribution < 1.29 is 24.2 Å². The lowest BCUT2D eigenvalue weighted by atomic mass is 9.93. The van der Waals surface area contributed by atoms with E-state index in [1.165, 1.54) is 19.1 Å². The summed E-state index contributed by atoms with van der Waals surface area (Å²) in [5.41, 5.74) is 2.19. The zero-order valence-corrected chi connectivity index (χ0v) is 14.1. The van der Waals surface area contributed by atoms with Crippen LogP contribution in [0.2, 0.25) is 0 Å². The largest absolute Gasteiger partial charge is 0.493 e. The molecule has 130 valence electrons. The van der Waals surface area contributed by atoms with Crippen molar-refractivity contribution in [3.8, 4) is 11.5 Å². The van der Waals surface area contributed by atoms with Crippen LogP contribution in [0.4, 0.5) is 0 Å². The van der Waals surface area contributed by atoms with E-state index in [9.17, 15) is 14.7 Å². The molecule has 2 aromatic carbocycles. The van der Waals surface area contributed by atoms with Gasteiger partial charge < -0.3 is 19.5 Å². The number of carbonyl (C=O) groups excluding carboxylic acids is 1. The van der Waals surface area contributed by atoms with Crippen LogP contribution in [0.3, 0.4) is 0 Å². The van der Waals surface area contributed by atoms with Gasteiger partial charge in [0.1, 0.15) is 6.04 Å². The number of nitrogens with zero attached hydrogens (tertiary/aromatic N) is 1. The van der Waals surface area contributed by atoms with Crippen LogP contribution < -0.4 is 9.47 Å². The highest BCUT2D eigenvalue weighted by Gasteiger charge is 2.36. The molecule has 0 aromatic heterocycles. The minimum absolute atomic E-state index is 0.242. The Bertz CT molecular complexity index is 817. The van der Waals surface area contributed by atoms with Crippen molar-refractivity contribution in [3.05, 3.63) is 59.2 Å². The molecule has 0 bridgehead atoms. The van der Waals surface area contributed by atoms with E-state index in [0.717, 1.165) is 11.1 Å². The van der Waals surface area contributed by atoms with Crippen LogP contribution in [0, 0.1) is 0 Å². The molecule has 1 amide bonds. The summed E-state index contributed by atoms with van der Waals surface area (Å²) in [6.07, 6.45) is 0.281. The molecular formula is C19H19NO5. The number of carbonyl (C=O) groups is 2. The van der Waals surface area contributed by atoms with Crippen LogP contribution in [0.1, 0.15) is 21.5 Å². The van der Waals surface area contributed by atoms with Crippen molar-refractivity contribution in [2.75, 3.05) is 14.2 Å². The molecule has 0 fully saturated rings. The van der Waals surface area contributed by atoms with Crippen molar-refractivity contribution in [2.24, 2.45) is 0 Å². The monoisotopic (exact) mass is 341 g/mol. The molecule has 2 aromatic rings. The Hall–Kier alpha value is -3.02. The summed E-state index contributed by atoms with van der Waals surface area (Å²) in [6, 6.07) is 11.6. The Labute approximate surface area is 145 Å². The van der Waals surface area contributed by atoms with Crippen LogP contribution in [0.15, 0.2) is 42.5 Å². The maximum atomic E-state index is 13.1. The molecular weight excluding hydrogens is 322 g/mol. The predicted molar refractivity (Wildman–Crippen MR) is 91.0 cm³/mol. The highest BCUT2D eigenvalue weighted by Crippen LogP contribution is 2.33. The van der Waals surface area contributed by atoms with Gasteiger partial charge in [0.25, 0.3) is 5.91 Å². The summed E-state index contributed by atoms with van der Waals surface area (Å²) in [6.45, 7) is 0.242. The van der Waals surface area contributed by atoms with E-state index < -0.39 is 17.9 Å². The number of carboxylic acid groups (broad SMARTS) is 1. The fraction of sp³-hybridized carbons (Fsp3) is 0.263. The summed E-state index contributed by atoms with van der Waals surface area (Å²) >= 11 is 0. The second-order valence-corrected chi connectivity index (χ2v) is 5.80. The van der Waals surface area contributed by atoms with Crippen LogP contribution >= 0.6 is 0 Å². The summed E-state index contributed by atoms with van der Waals surface area (Å²) in [4.78, 5) is 26.2. The fourth-order valence-corrected chi connectivity index (χ4v) is 3.17. The molecule has 0 saturated carbocycles. The SMILES string of the molecule is COc1cccc(C(=O)N2Cc3ccccc3CC2C(=O)O)c1OC. The van der Waals surface area contributed by atoms with E-state index in [4.69, 9.17) is 9.47 Å². The number of rotatable bonds is 4. The molecule has 0 spiro atoms. The van der Waals surface area contributed by atoms with Crippen molar-refractivity contribution >= 4 is 11.9 Å². The van der Waals surface area contributed by atoms with E-state index in [2.05, 4.69) is 0 Å².